The molecule has 1 atom stereocenters. The normalized spacial score (nSPS) is 14.6. The van der Waals surface area contributed by atoms with Crippen molar-refractivity contribution in [3.8, 4) is 6.07 Å². The Bertz CT molecular complexity index is 721. The Hall–Kier alpha value is -2.32. The molecule has 0 fully saturated rings. The van der Waals surface area contributed by atoms with Crippen LogP contribution in [0.2, 0.25) is 0 Å². The maximum Gasteiger partial charge on any atom is 0.263 e. The molecule has 0 aromatic heterocycles. The molecule has 2 rings (SSSR count). The van der Waals surface area contributed by atoms with Crippen LogP contribution in [-0.4, -0.2) is 25.7 Å². The summed E-state index contributed by atoms with van der Waals surface area (Å²) in [5.41, 5.74) is 4.22. The third kappa shape index (κ3) is 7.55. The first-order valence-corrected chi connectivity index (χ1v) is 11.0. The van der Waals surface area contributed by atoms with E-state index in [-0.39, 0.29) is 17.5 Å². The highest BCUT2D eigenvalue weighted by atomic mass is 16.5. The van der Waals surface area contributed by atoms with Crippen molar-refractivity contribution in [2.45, 2.75) is 71.3 Å². The van der Waals surface area contributed by atoms with Gasteiger partial charge in [-0.25, -0.2) is 0 Å². The predicted octanol–water partition coefficient (Wildman–Crippen LogP) is 4.34. The molecule has 1 aliphatic rings. The van der Waals surface area contributed by atoms with E-state index in [1.165, 1.54) is 36.0 Å². The number of ether oxygens (including phenoxy) is 1. The van der Waals surface area contributed by atoms with Crippen LogP contribution in [0.5, 0.6) is 0 Å². The van der Waals surface area contributed by atoms with Gasteiger partial charge >= 0.3 is 0 Å². The number of fused-ring (bicyclic) bond motifs is 1. The van der Waals surface area contributed by atoms with E-state index in [0.717, 1.165) is 38.7 Å². The molecule has 29 heavy (non-hydrogen) atoms. The van der Waals surface area contributed by atoms with E-state index in [0.29, 0.717) is 13.2 Å². The number of amides is 1. The van der Waals surface area contributed by atoms with Gasteiger partial charge in [0.1, 0.15) is 11.6 Å². The molecule has 0 spiro atoms. The summed E-state index contributed by atoms with van der Waals surface area (Å²) in [7, 11) is 0. The quantitative estimate of drug-likeness (QED) is 0.313. The second-order valence-electron chi connectivity index (χ2n) is 7.61. The Balaban J connectivity index is 1.86. The summed E-state index contributed by atoms with van der Waals surface area (Å²) >= 11 is 0. The summed E-state index contributed by atoms with van der Waals surface area (Å²) in [6, 6.07) is 8.79. The largest absolute Gasteiger partial charge is 0.383 e. The Morgan fingerprint density at radius 1 is 1.21 bits per heavy atom. The standard InChI is InChI=1S/C24H35N3O2/c1-3-5-14-29-15-8-13-26-24(28)22(17-25)18-27-23(4-2)21-12-11-19-9-6-7-10-20(19)16-21/h11-12,16,18,23,27H,3-10,13-15H2,1-2H3,(H,26,28)/b22-18-. The van der Waals surface area contributed by atoms with Crippen molar-refractivity contribution in [3.05, 3.63) is 46.7 Å². The molecule has 2 N–H and O–H groups in total. The molecule has 1 aromatic rings. The van der Waals surface area contributed by atoms with Crippen LogP contribution < -0.4 is 10.6 Å². The molecule has 1 aliphatic carbocycles. The fraction of sp³-hybridized carbons (Fsp3) is 0.583. The van der Waals surface area contributed by atoms with Crippen molar-refractivity contribution < 1.29 is 9.53 Å². The van der Waals surface area contributed by atoms with Crippen molar-refractivity contribution >= 4 is 5.91 Å². The van der Waals surface area contributed by atoms with Crippen molar-refractivity contribution in [3.63, 3.8) is 0 Å². The van der Waals surface area contributed by atoms with Crippen molar-refractivity contribution in [2.24, 2.45) is 0 Å². The number of nitriles is 1. The summed E-state index contributed by atoms with van der Waals surface area (Å²) in [5.74, 6) is -0.339. The maximum atomic E-state index is 12.3. The number of rotatable bonds is 12. The van der Waals surface area contributed by atoms with Gasteiger partial charge in [-0.05, 0) is 61.6 Å². The summed E-state index contributed by atoms with van der Waals surface area (Å²) < 4.78 is 5.48. The topological polar surface area (TPSA) is 74.1 Å². The van der Waals surface area contributed by atoms with Crippen LogP contribution in [0.4, 0.5) is 0 Å². The second kappa shape index (κ2) is 13.0. The van der Waals surface area contributed by atoms with Gasteiger partial charge in [0.2, 0.25) is 0 Å². The first-order valence-electron chi connectivity index (χ1n) is 11.0. The lowest BCUT2D eigenvalue weighted by molar-refractivity contribution is -0.117. The average Bonchev–Trinajstić information content (AvgIpc) is 2.76. The van der Waals surface area contributed by atoms with Gasteiger partial charge in [-0.1, -0.05) is 38.5 Å². The van der Waals surface area contributed by atoms with Gasteiger partial charge in [0.15, 0.2) is 0 Å². The number of aryl methyl sites for hydroxylation is 2. The number of hydrogen-bond acceptors (Lipinski definition) is 4. The van der Waals surface area contributed by atoms with Gasteiger partial charge in [-0.2, -0.15) is 5.26 Å². The van der Waals surface area contributed by atoms with Crippen LogP contribution in [0.25, 0.3) is 0 Å². The van der Waals surface area contributed by atoms with E-state index < -0.39 is 0 Å². The zero-order chi connectivity index (χ0) is 20.9. The minimum absolute atomic E-state index is 0.0883. The van der Waals surface area contributed by atoms with Gasteiger partial charge < -0.3 is 15.4 Å². The molecule has 0 saturated heterocycles. The Morgan fingerprint density at radius 3 is 2.69 bits per heavy atom. The molecule has 0 heterocycles. The third-order valence-electron chi connectivity index (χ3n) is 5.37. The minimum Gasteiger partial charge on any atom is -0.383 e. The summed E-state index contributed by atoms with van der Waals surface area (Å²) in [6.45, 7) is 6.13. The van der Waals surface area contributed by atoms with E-state index in [9.17, 15) is 10.1 Å². The smallest absolute Gasteiger partial charge is 0.263 e. The fourth-order valence-electron chi connectivity index (χ4n) is 3.57. The number of hydrogen-bond donors (Lipinski definition) is 2. The van der Waals surface area contributed by atoms with Crippen LogP contribution in [-0.2, 0) is 22.4 Å². The second-order valence-corrected chi connectivity index (χ2v) is 7.61. The number of nitrogens with zero attached hydrogens (tertiary/aromatic N) is 1. The highest BCUT2D eigenvalue weighted by Gasteiger charge is 2.14. The lowest BCUT2D eigenvalue weighted by Gasteiger charge is -2.21. The van der Waals surface area contributed by atoms with Crippen LogP contribution in [0.1, 0.15) is 75.1 Å². The van der Waals surface area contributed by atoms with Crippen LogP contribution >= 0.6 is 0 Å². The van der Waals surface area contributed by atoms with Crippen molar-refractivity contribution in [2.75, 3.05) is 19.8 Å². The van der Waals surface area contributed by atoms with Crippen molar-refractivity contribution in [1.82, 2.24) is 10.6 Å². The summed E-state index contributed by atoms with van der Waals surface area (Å²) in [4.78, 5) is 12.3. The lowest BCUT2D eigenvalue weighted by atomic mass is 9.89. The zero-order valence-corrected chi connectivity index (χ0v) is 17.9. The van der Waals surface area contributed by atoms with E-state index in [4.69, 9.17) is 4.74 Å². The molecule has 158 valence electrons. The van der Waals surface area contributed by atoms with E-state index in [1.54, 1.807) is 6.20 Å². The number of carbonyl (C=O) groups excluding carboxylic acids is 1. The SMILES string of the molecule is CCCCOCCCNC(=O)/C(C#N)=C\NC(CC)c1ccc2c(c1)CCCC2. The first kappa shape index (κ1) is 23.0. The number of carbonyl (C=O) groups is 1. The predicted molar refractivity (Wildman–Crippen MR) is 116 cm³/mol. The molecule has 1 aromatic carbocycles. The molecule has 0 aliphatic heterocycles. The highest BCUT2D eigenvalue weighted by Crippen LogP contribution is 2.26. The van der Waals surface area contributed by atoms with E-state index >= 15 is 0 Å². The van der Waals surface area contributed by atoms with Crippen LogP contribution in [0.15, 0.2) is 30.0 Å². The van der Waals surface area contributed by atoms with Gasteiger partial charge in [0.05, 0.1) is 6.04 Å². The molecule has 1 unspecified atom stereocenters. The number of benzene rings is 1. The first-order chi connectivity index (χ1) is 14.2. The summed E-state index contributed by atoms with van der Waals surface area (Å²) in [6.07, 6.45) is 10.2. The van der Waals surface area contributed by atoms with E-state index in [2.05, 4.69) is 42.7 Å². The van der Waals surface area contributed by atoms with Gasteiger partial charge in [-0.15, -0.1) is 0 Å². The molecule has 1 amide bonds. The molecule has 5 nitrogen and oxygen atoms in total. The molecular weight excluding hydrogens is 362 g/mol. The third-order valence-corrected chi connectivity index (χ3v) is 5.37. The molecule has 0 bridgehead atoms. The highest BCUT2D eigenvalue weighted by molar-refractivity contribution is 5.97. The van der Waals surface area contributed by atoms with Gasteiger partial charge in [-0.3, -0.25) is 4.79 Å². The van der Waals surface area contributed by atoms with E-state index in [1.807, 2.05) is 6.07 Å². The molecule has 5 heteroatoms. The monoisotopic (exact) mass is 397 g/mol. The number of nitrogens with one attached hydrogen (secondary N) is 2. The zero-order valence-electron chi connectivity index (χ0n) is 17.9. The van der Waals surface area contributed by atoms with Crippen LogP contribution in [0.3, 0.4) is 0 Å². The number of unbranched alkanes of at least 4 members (excludes halogenated alkanes) is 1. The Kier molecular flexibility index (Phi) is 10.3. The molecular formula is C24H35N3O2. The lowest BCUT2D eigenvalue weighted by Crippen LogP contribution is -2.28. The Labute approximate surface area is 175 Å². The van der Waals surface area contributed by atoms with Gasteiger partial charge in [0, 0.05) is 26.0 Å². The Morgan fingerprint density at radius 2 is 1.97 bits per heavy atom. The fourth-order valence-corrected chi connectivity index (χ4v) is 3.57. The maximum absolute atomic E-state index is 12.3. The average molecular weight is 398 g/mol. The van der Waals surface area contributed by atoms with Crippen molar-refractivity contribution in [1.29, 1.82) is 5.26 Å². The van der Waals surface area contributed by atoms with Crippen LogP contribution in [0, 0.1) is 11.3 Å². The molecule has 0 radical (unpaired) electrons. The minimum atomic E-state index is -0.339. The molecule has 0 saturated carbocycles. The summed E-state index contributed by atoms with van der Waals surface area (Å²) in [5, 5.41) is 15.4. The van der Waals surface area contributed by atoms with Gasteiger partial charge in [0.25, 0.3) is 5.91 Å².